The Kier molecular flexibility index (Phi) is 13.4. The third kappa shape index (κ3) is 10.3. The number of anilines is 1. The van der Waals surface area contributed by atoms with E-state index in [4.69, 9.17) is 0 Å². The topological polar surface area (TPSA) is 66.7 Å². The Morgan fingerprint density at radius 3 is 2.16 bits per heavy atom. The summed E-state index contributed by atoms with van der Waals surface area (Å²) in [6.45, 7) is 0.188. The lowest BCUT2D eigenvalue weighted by Gasteiger charge is -2.23. The minimum Gasteiger partial charge on any atom is -0.346 e. The monoisotopic (exact) mass is 459 g/mol. The minimum atomic E-state index is -2.81. The highest BCUT2D eigenvalue weighted by atomic mass is 19.3. The van der Waals surface area contributed by atoms with Crippen LogP contribution in [-0.4, -0.2) is 42.4 Å². The van der Waals surface area contributed by atoms with E-state index in [1.54, 1.807) is 4.90 Å². The first-order valence-corrected chi connectivity index (χ1v) is 11.5. The van der Waals surface area contributed by atoms with Gasteiger partial charge in [-0.15, -0.1) is 0 Å². The summed E-state index contributed by atoms with van der Waals surface area (Å²) in [4.78, 5) is 24.4. The van der Waals surface area contributed by atoms with Crippen LogP contribution < -0.4 is 4.90 Å². The summed E-state index contributed by atoms with van der Waals surface area (Å²) in [7, 11) is 1.85. The second-order valence-electron chi connectivity index (χ2n) is 8.11. The number of benzene rings is 1. The molecule has 1 aromatic carbocycles. The molecule has 0 aliphatic heterocycles. The lowest BCUT2D eigenvalue weighted by atomic mass is 10.1. The van der Waals surface area contributed by atoms with Crippen molar-refractivity contribution in [1.82, 2.24) is 4.90 Å². The van der Waals surface area contributed by atoms with Crippen molar-refractivity contribution in [1.29, 1.82) is 0 Å². The molecule has 1 aromatic rings. The van der Waals surface area contributed by atoms with Crippen LogP contribution in [-0.2, 0) is 4.79 Å². The zero-order chi connectivity index (χ0) is 23.9. The van der Waals surface area contributed by atoms with Crippen molar-refractivity contribution < 1.29 is 22.9 Å². The minimum absolute atomic E-state index is 0.0494. The number of nitro groups is 1. The zero-order valence-corrected chi connectivity index (χ0v) is 19.2. The summed E-state index contributed by atoms with van der Waals surface area (Å²) in [5.41, 5.74) is -0.791. The van der Waals surface area contributed by atoms with E-state index in [0.29, 0.717) is 12.8 Å². The predicted octanol–water partition coefficient (Wildman–Crippen LogP) is 6.53. The maximum Gasteiger partial charge on any atom is 0.315 e. The molecule has 0 aliphatic rings. The lowest BCUT2D eigenvalue weighted by Crippen LogP contribution is -2.30. The van der Waals surface area contributed by atoms with E-state index in [9.17, 15) is 28.1 Å². The van der Waals surface area contributed by atoms with E-state index in [1.807, 2.05) is 7.05 Å². The molecule has 0 spiro atoms. The molecule has 0 radical (unpaired) electrons. The summed E-state index contributed by atoms with van der Waals surface area (Å²) >= 11 is 0. The van der Waals surface area contributed by atoms with Crippen molar-refractivity contribution in [3.63, 3.8) is 0 Å². The molecule has 6 nitrogen and oxygen atoms in total. The number of amides is 1. The Morgan fingerprint density at radius 1 is 1.00 bits per heavy atom. The van der Waals surface area contributed by atoms with Crippen LogP contribution in [0.5, 0.6) is 0 Å². The summed E-state index contributed by atoms with van der Waals surface area (Å²) in [5.74, 6) is -0.931. The van der Waals surface area contributed by atoms with Gasteiger partial charge in [0.2, 0.25) is 11.7 Å². The van der Waals surface area contributed by atoms with Gasteiger partial charge in [-0.1, -0.05) is 51.9 Å². The number of hydrogen-bond acceptors (Lipinski definition) is 4. The quantitative estimate of drug-likeness (QED) is 0.115. The van der Waals surface area contributed by atoms with Crippen LogP contribution in [0, 0.1) is 15.9 Å². The standard InChI is InChI=1S/C23H36F3N3O3/c1-3-4-11-16-27(2)22(30)13-10-8-6-5-7-9-12-17-28(23(25)26)19-14-15-21(29(31)32)20(24)18-19/h14-15,18,23H,3-13,16-17H2,1-2H3. The first kappa shape index (κ1) is 27.7. The van der Waals surface area contributed by atoms with Gasteiger partial charge in [0.1, 0.15) is 0 Å². The van der Waals surface area contributed by atoms with E-state index in [-0.39, 0.29) is 18.1 Å². The number of carbonyl (C=O) groups excluding carboxylic acids is 1. The molecule has 182 valence electrons. The maximum absolute atomic E-state index is 13.7. The highest BCUT2D eigenvalue weighted by Crippen LogP contribution is 2.26. The number of alkyl halides is 2. The molecular weight excluding hydrogens is 423 g/mol. The molecule has 0 bridgehead atoms. The SMILES string of the molecule is CCCCCN(C)C(=O)CCCCCCCCCN(c1ccc([N+](=O)[O-])c(F)c1)C(F)F. The molecule has 0 saturated carbocycles. The Labute approximate surface area is 188 Å². The first-order valence-electron chi connectivity index (χ1n) is 11.5. The Balaban J connectivity index is 2.21. The molecule has 0 saturated heterocycles. The summed E-state index contributed by atoms with van der Waals surface area (Å²) in [5, 5.41) is 10.7. The number of halogens is 3. The number of unbranched alkanes of at least 4 members (excludes halogenated alkanes) is 8. The van der Waals surface area contributed by atoms with Crippen molar-refractivity contribution in [3.8, 4) is 0 Å². The molecule has 32 heavy (non-hydrogen) atoms. The van der Waals surface area contributed by atoms with Crippen molar-refractivity contribution in [2.24, 2.45) is 0 Å². The van der Waals surface area contributed by atoms with Crippen molar-refractivity contribution in [3.05, 3.63) is 34.1 Å². The smallest absolute Gasteiger partial charge is 0.315 e. The van der Waals surface area contributed by atoms with Gasteiger partial charge >= 0.3 is 12.2 Å². The van der Waals surface area contributed by atoms with Crippen LogP contribution in [0.15, 0.2) is 18.2 Å². The van der Waals surface area contributed by atoms with Gasteiger partial charge in [-0.05, 0) is 25.3 Å². The van der Waals surface area contributed by atoms with E-state index in [0.717, 1.165) is 87.4 Å². The fourth-order valence-electron chi connectivity index (χ4n) is 3.52. The largest absolute Gasteiger partial charge is 0.346 e. The number of hydrogen-bond donors (Lipinski definition) is 0. The molecule has 0 atom stereocenters. The van der Waals surface area contributed by atoms with E-state index < -0.39 is 23.0 Å². The Hall–Kier alpha value is -2.32. The molecule has 9 heteroatoms. The lowest BCUT2D eigenvalue weighted by molar-refractivity contribution is -0.387. The van der Waals surface area contributed by atoms with Gasteiger partial charge in [-0.25, -0.2) is 0 Å². The second kappa shape index (κ2) is 15.5. The van der Waals surface area contributed by atoms with E-state index in [1.165, 1.54) is 0 Å². The molecular formula is C23H36F3N3O3. The summed E-state index contributed by atoms with van der Waals surface area (Å²) in [6.07, 6.45) is 9.87. The van der Waals surface area contributed by atoms with Crippen molar-refractivity contribution in [2.75, 3.05) is 25.0 Å². The van der Waals surface area contributed by atoms with Crippen molar-refractivity contribution in [2.45, 2.75) is 84.1 Å². The summed E-state index contributed by atoms with van der Waals surface area (Å²) in [6, 6.07) is 2.84. The van der Waals surface area contributed by atoms with Gasteiger partial charge in [0.15, 0.2) is 0 Å². The maximum atomic E-state index is 13.7. The van der Waals surface area contributed by atoms with E-state index in [2.05, 4.69) is 6.92 Å². The van der Waals surface area contributed by atoms with Crippen LogP contribution in [0.25, 0.3) is 0 Å². The molecule has 0 unspecified atom stereocenters. The van der Waals surface area contributed by atoms with Crippen LogP contribution in [0.3, 0.4) is 0 Å². The van der Waals surface area contributed by atoms with E-state index >= 15 is 0 Å². The first-order chi connectivity index (χ1) is 15.3. The van der Waals surface area contributed by atoms with Gasteiger partial charge in [0.25, 0.3) is 0 Å². The fourth-order valence-corrected chi connectivity index (χ4v) is 3.52. The predicted molar refractivity (Wildman–Crippen MR) is 121 cm³/mol. The highest BCUT2D eigenvalue weighted by molar-refractivity contribution is 5.75. The summed E-state index contributed by atoms with van der Waals surface area (Å²) < 4.78 is 40.4. The van der Waals surface area contributed by atoms with Gasteiger partial charge < -0.3 is 9.80 Å². The number of rotatable bonds is 17. The molecule has 0 N–H and O–H groups in total. The van der Waals surface area contributed by atoms with Crippen LogP contribution in [0.4, 0.5) is 24.5 Å². The van der Waals surface area contributed by atoms with Crippen LogP contribution in [0.2, 0.25) is 0 Å². The molecule has 1 rings (SSSR count). The molecule has 0 heterocycles. The molecule has 1 amide bonds. The van der Waals surface area contributed by atoms with Gasteiger partial charge in [-0.2, -0.15) is 13.2 Å². The average molecular weight is 460 g/mol. The normalized spacial score (nSPS) is 11.1. The molecule has 0 aliphatic carbocycles. The number of carbonyl (C=O) groups is 1. The third-order valence-corrected chi connectivity index (χ3v) is 5.51. The van der Waals surface area contributed by atoms with Crippen molar-refractivity contribution >= 4 is 17.3 Å². The molecule has 0 fully saturated rings. The van der Waals surface area contributed by atoms with Crippen LogP contribution in [0.1, 0.15) is 77.6 Å². The third-order valence-electron chi connectivity index (χ3n) is 5.51. The van der Waals surface area contributed by atoms with Gasteiger partial charge in [0.05, 0.1) is 4.92 Å². The average Bonchev–Trinajstić information content (AvgIpc) is 2.74. The Bertz CT molecular complexity index is 704. The van der Waals surface area contributed by atoms with Gasteiger partial charge in [-0.3, -0.25) is 14.9 Å². The fraction of sp³-hybridized carbons (Fsp3) is 0.696. The highest BCUT2D eigenvalue weighted by Gasteiger charge is 2.21. The van der Waals surface area contributed by atoms with Crippen LogP contribution >= 0.6 is 0 Å². The Morgan fingerprint density at radius 2 is 1.59 bits per heavy atom. The second-order valence-corrected chi connectivity index (χ2v) is 8.11. The molecule has 0 aromatic heterocycles. The zero-order valence-electron chi connectivity index (χ0n) is 19.2. The number of nitro benzene ring substituents is 1. The number of nitrogens with zero attached hydrogens (tertiary/aromatic N) is 3. The van der Waals surface area contributed by atoms with Gasteiger partial charge in [0, 0.05) is 44.4 Å².